The highest BCUT2D eigenvalue weighted by molar-refractivity contribution is 7.99. The Morgan fingerprint density at radius 2 is 1.67 bits per heavy atom. The van der Waals surface area contributed by atoms with E-state index in [4.69, 9.17) is 16.3 Å². The molecule has 3 aromatic carbocycles. The topological polar surface area (TPSA) is 75.7 Å². The number of hydrogen-bond acceptors (Lipinski definition) is 5. The van der Waals surface area contributed by atoms with Crippen molar-refractivity contribution in [3.05, 3.63) is 77.8 Å². The van der Waals surface area contributed by atoms with Crippen LogP contribution in [0.15, 0.2) is 87.5 Å². The molecule has 9 heteroatoms. The number of ether oxygens (including phenoxy) is 1. The van der Waals surface area contributed by atoms with E-state index in [0.717, 1.165) is 9.79 Å². The molecule has 0 bridgehead atoms. The summed E-state index contributed by atoms with van der Waals surface area (Å²) in [6, 6.07) is 21.6. The number of halogens is 1. The van der Waals surface area contributed by atoms with E-state index in [-0.39, 0.29) is 22.3 Å². The van der Waals surface area contributed by atoms with Crippen LogP contribution in [-0.2, 0) is 14.8 Å². The van der Waals surface area contributed by atoms with Gasteiger partial charge in [0.1, 0.15) is 10.6 Å². The Hall–Kier alpha value is -2.52. The van der Waals surface area contributed by atoms with Crippen LogP contribution < -0.4 is 10.1 Å². The van der Waals surface area contributed by atoms with Crippen molar-refractivity contribution in [3.8, 4) is 5.75 Å². The average Bonchev–Trinajstić information content (AvgIpc) is 2.81. The summed E-state index contributed by atoms with van der Waals surface area (Å²) in [6.45, 7) is 3.77. The van der Waals surface area contributed by atoms with Crippen molar-refractivity contribution >= 4 is 45.0 Å². The predicted molar refractivity (Wildman–Crippen MR) is 133 cm³/mol. The number of carbonyl (C=O) groups is 1. The van der Waals surface area contributed by atoms with Crippen LogP contribution in [0.4, 0.5) is 5.69 Å². The van der Waals surface area contributed by atoms with Gasteiger partial charge in [-0.25, -0.2) is 8.42 Å². The van der Waals surface area contributed by atoms with Gasteiger partial charge < -0.3 is 10.1 Å². The van der Waals surface area contributed by atoms with E-state index < -0.39 is 15.9 Å². The highest BCUT2D eigenvalue weighted by Crippen LogP contribution is 2.33. The Balaban J connectivity index is 1.74. The first-order valence-corrected chi connectivity index (χ1v) is 13.0. The summed E-state index contributed by atoms with van der Waals surface area (Å²) in [5, 5.41) is 3.11. The molecule has 0 unspecified atom stereocenters. The molecule has 3 aromatic rings. The van der Waals surface area contributed by atoms with E-state index in [0.29, 0.717) is 18.8 Å². The van der Waals surface area contributed by atoms with Gasteiger partial charge in [0.2, 0.25) is 10.0 Å². The number of rotatable bonds is 10. The van der Waals surface area contributed by atoms with E-state index in [1.807, 2.05) is 54.6 Å². The number of anilines is 1. The predicted octanol–water partition coefficient (Wildman–Crippen LogP) is 5.54. The van der Waals surface area contributed by atoms with Crippen molar-refractivity contribution in [2.75, 3.05) is 25.0 Å². The molecule has 0 saturated carbocycles. The molecule has 1 amide bonds. The summed E-state index contributed by atoms with van der Waals surface area (Å²) in [5.41, 5.74) is 0.645. The Bertz CT molecular complexity index is 1200. The Morgan fingerprint density at radius 1 is 1.00 bits per heavy atom. The number of sulfonamides is 1. The Labute approximate surface area is 204 Å². The molecular formula is C24H25ClN2O4S2. The number of amides is 1. The van der Waals surface area contributed by atoms with Gasteiger partial charge in [-0.05, 0) is 42.5 Å². The van der Waals surface area contributed by atoms with E-state index in [9.17, 15) is 13.2 Å². The number of nitrogens with one attached hydrogen (secondary N) is 1. The molecule has 0 heterocycles. The van der Waals surface area contributed by atoms with Crippen LogP contribution in [0.1, 0.15) is 13.8 Å². The monoisotopic (exact) mass is 504 g/mol. The van der Waals surface area contributed by atoms with Crippen molar-refractivity contribution in [1.29, 1.82) is 0 Å². The first-order valence-electron chi connectivity index (χ1n) is 10.4. The van der Waals surface area contributed by atoms with Gasteiger partial charge in [-0.3, -0.25) is 4.79 Å². The van der Waals surface area contributed by atoms with Gasteiger partial charge in [-0.1, -0.05) is 67.5 Å². The van der Waals surface area contributed by atoms with Crippen molar-refractivity contribution < 1.29 is 17.9 Å². The number of nitrogens with zero attached hydrogens (tertiary/aromatic N) is 1. The van der Waals surface area contributed by atoms with Gasteiger partial charge in [0, 0.05) is 27.9 Å². The Kier molecular flexibility index (Phi) is 8.80. The van der Waals surface area contributed by atoms with Gasteiger partial charge >= 0.3 is 0 Å². The molecule has 0 atom stereocenters. The SMILES string of the molecule is CCN(CC)S(=O)(=O)c1cc(Cl)ccc1OCC(=O)Nc1ccccc1Sc1ccccc1. The minimum atomic E-state index is -3.81. The van der Waals surface area contributed by atoms with Crippen molar-refractivity contribution in [2.45, 2.75) is 28.5 Å². The minimum absolute atomic E-state index is 0.0634. The molecule has 0 aromatic heterocycles. The maximum absolute atomic E-state index is 13.0. The van der Waals surface area contributed by atoms with Crippen LogP contribution in [0.3, 0.4) is 0 Å². The van der Waals surface area contributed by atoms with Crippen molar-refractivity contribution in [3.63, 3.8) is 0 Å². The van der Waals surface area contributed by atoms with E-state index >= 15 is 0 Å². The second kappa shape index (κ2) is 11.6. The summed E-state index contributed by atoms with van der Waals surface area (Å²) in [6.07, 6.45) is 0. The summed E-state index contributed by atoms with van der Waals surface area (Å²) < 4.78 is 32.9. The zero-order valence-electron chi connectivity index (χ0n) is 18.3. The standard InChI is InChI=1S/C24H25ClN2O4S2/c1-3-27(4-2)33(29,30)23-16-18(25)14-15-21(23)31-17-24(28)26-20-12-8-9-13-22(20)32-19-10-6-5-7-11-19/h5-16H,3-4,17H2,1-2H3,(H,26,28). The van der Waals surface area contributed by atoms with E-state index in [1.54, 1.807) is 13.8 Å². The maximum Gasteiger partial charge on any atom is 0.262 e. The van der Waals surface area contributed by atoms with Crippen LogP contribution >= 0.6 is 23.4 Å². The molecule has 0 radical (unpaired) electrons. The quantitative estimate of drug-likeness (QED) is 0.392. The second-order valence-corrected chi connectivity index (χ2v) is 10.4. The molecule has 0 aliphatic rings. The van der Waals surface area contributed by atoms with Crippen molar-refractivity contribution in [1.82, 2.24) is 4.31 Å². The lowest BCUT2D eigenvalue weighted by molar-refractivity contribution is -0.118. The largest absolute Gasteiger partial charge is 0.482 e. The number of benzene rings is 3. The molecule has 33 heavy (non-hydrogen) atoms. The molecule has 0 aliphatic carbocycles. The summed E-state index contributed by atoms with van der Waals surface area (Å²) in [4.78, 5) is 14.5. The van der Waals surface area contributed by atoms with Gasteiger partial charge in [0.25, 0.3) is 5.91 Å². The highest BCUT2D eigenvalue weighted by Gasteiger charge is 2.26. The number of hydrogen-bond donors (Lipinski definition) is 1. The lowest BCUT2D eigenvalue weighted by Gasteiger charge is -2.20. The van der Waals surface area contributed by atoms with Crippen LogP contribution in [0.25, 0.3) is 0 Å². The first kappa shape index (κ1) is 25.1. The number of para-hydroxylation sites is 1. The van der Waals surface area contributed by atoms with Gasteiger partial charge in [-0.15, -0.1) is 0 Å². The molecule has 0 fully saturated rings. The lowest BCUT2D eigenvalue weighted by atomic mass is 10.3. The highest BCUT2D eigenvalue weighted by atomic mass is 35.5. The third-order valence-electron chi connectivity index (χ3n) is 4.72. The van der Waals surface area contributed by atoms with Crippen LogP contribution in [0, 0.1) is 0 Å². The Morgan fingerprint density at radius 3 is 2.36 bits per heavy atom. The van der Waals surface area contributed by atoms with Gasteiger partial charge in [-0.2, -0.15) is 4.31 Å². The molecule has 1 N–H and O–H groups in total. The van der Waals surface area contributed by atoms with Crippen LogP contribution in [0.5, 0.6) is 5.75 Å². The molecule has 174 valence electrons. The molecule has 0 spiro atoms. The fourth-order valence-corrected chi connectivity index (χ4v) is 5.88. The molecule has 6 nitrogen and oxygen atoms in total. The first-order chi connectivity index (χ1) is 15.8. The van der Waals surface area contributed by atoms with E-state index in [2.05, 4.69) is 5.32 Å². The molecule has 0 saturated heterocycles. The zero-order valence-corrected chi connectivity index (χ0v) is 20.7. The molecule has 0 aliphatic heterocycles. The third kappa shape index (κ3) is 6.51. The lowest BCUT2D eigenvalue weighted by Crippen LogP contribution is -2.31. The zero-order chi connectivity index (χ0) is 23.8. The second-order valence-electron chi connectivity index (χ2n) is 6.93. The minimum Gasteiger partial charge on any atom is -0.482 e. The van der Waals surface area contributed by atoms with Crippen molar-refractivity contribution in [2.24, 2.45) is 0 Å². The molecule has 3 rings (SSSR count). The fourth-order valence-electron chi connectivity index (χ4n) is 3.11. The third-order valence-corrected chi connectivity index (χ3v) is 8.11. The normalized spacial score (nSPS) is 11.4. The average molecular weight is 505 g/mol. The van der Waals surface area contributed by atoms with Crippen LogP contribution in [0.2, 0.25) is 5.02 Å². The maximum atomic E-state index is 13.0. The van der Waals surface area contributed by atoms with E-state index in [1.165, 1.54) is 34.3 Å². The van der Waals surface area contributed by atoms with Gasteiger partial charge in [0.15, 0.2) is 6.61 Å². The smallest absolute Gasteiger partial charge is 0.262 e. The summed E-state index contributed by atoms with van der Waals surface area (Å²) in [5.74, 6) is -0.328. The van der Waals surface area contributed by atoms with Gasteiger partial charge in [0.05, 0.1) is 5.69 Å². The summed E-state index contributed by atoms with van der Waals surface area (Å²) >= 11 is 7.58. The number of carbonyl (C=O) groups excluding carboxylic acids is 1. The van der Waals surface area contributed by atoms with Crippen LogP contribution in [-0.4, -0.2) is 38.3 Å². The fraction of sp³-hybridized carbons (Fsp3) is 0.208. The summed E-state index contributed by atoms with van der Waals surface area (Å²) in [7, 11) is -3.81. The molecular weight excluding hydrogens is 480 g/mol.